The Bertz CT molecular complexity index is 824. The first-order valence-corrected chi connectivity index (χ1v) is 9.36. The fourth-order valence-electron chi connectivity index (χ4n) is 3.07. The van der Waals surface area contributed by atoms with Crippen molar-refractivity contribution in [2.24, 2.45) is 5.73 Å². The second-order valence-electron chi connectivity index (χ2n) is 6.66. The van der Waals surface area contributed by atoms with Crippen molar-refractivity contribution in [1.29, 1.82) is 0 Å². The van der Waals surface area contributed by atoms with Crippen LogP contribution < -0.4 is 10.5 Å². The monoisotopic (exact) mass is 384 g/mol. The van der Waals surface area contributed by atoms with Gasteiger partial charge in [-0.1, -0.05) is 30.3 Å². The van der Waals surface area contributed by atoms with Crippen LogP contribution in [0.1, 0.15) is 21.5 Å². The number of ether oxygens (including phenoxy) is 2. The molecule has 2 aromatic carbocycles. The van der Waals surface area contributed by atoms with Crippen LogP contribution in [0.15, 0.2) is 60.4 Å². The first-order valence-electron chi connectivity index (χ1n) is 9.36. The molecule has 3 rings (SSSR count). The van der Waals surface area contributed by atoms with Crippen molar-refractivity contribution in [3.63, 3.8) is 0 Å². The molecule has 1 amide bonds. The quantitative estimate of drug-likeness (QED) is 0.675. The van der Waals surface area contributed by atoms with Gasteiger partial charge in [0.05, 0.1) is 19.5 Å². The lowest BCUT2D eigenvalue weighted by Gasteiger charge is -2.28. The third-order valence-corrected chi connectivity index (χ3v) is 4.70. The van der Waals surface area contributed by atoms with Crippen LogP contribution in [-0.4, -0.2) is 43.7 Å². The predicted molar refractivity (Wildman–Crippen MR) is 106 cm³/mol. The Hall–Kier alpha value is -2.70. The molecule has 0 unspecified atom stereocenters. The highest BCUT2D eigenvalue weighted by Crippen LogP contribution is 2.24. The van der Waals surface area contributed by atoms with Gasteiger partial charge in [-0.2, -0.15) is 0 Å². The number of carbonyl (C=O) groups excluding carboxylic acids is 1. The van der Waals surface area contributed by atoms with E-state index in [1.54, 1.807) is 12.1 Å². The van der Waals surface area contributed by atoms with Crippen LogP contribution in [0, 0.1) is 0 Å². The van der Waals surface area contributed by atoms with E-state index >= 15 is 0 Å². The number of hydrogen-bond donors (Lipinski definition) is 1. The second-order valence-corrected chi connectivity index (χ2v) is 6.66. The summed E-state index contributed by atoms with van der Waals surface area (Å²) in [5.74, 6) is 0.612. The zero-order chi connectivity index (χ0) is 19.8. The van der Waals surface area contributed by atoms with Gasteiger partial charge in [0.1, 0.15) is 12.4 Å². The van der Waals surface area contributed by atoms with Crippen LogP contribution in [0.4, 0.5) is 4.39 Å². The minimum Gasteiger partial charge on any atom is -0.489 e. The van der Waals surface area contributed by atoms with E-state index in [9.17, 15) is 9.18 Å². The SMILES string of the molecule is NC/C(=C\F)COc1ccc2c(c1)CCN(CCOCc1ccccc1)C2=O. The number of nitrogens with zero attached hydrogens (tertiary/aromatic N) is 1. The Morgan fingerprint density at radius 1 is 1.21 bits per heavy atom. The summed E-state index contributed by atoms with van der Waals surface area (Å²) in [6.45, 7) is 2.45. The van der Waals surface area contributed by atoms with Crippen molar-refractivity contribution < 1.29 is 18.7 Å². The number of benzene rings is 2. The standard InChI is InChI=1S/C22H25FN2O3/c23-13-18(14-24)16-28-20-6-7-21-19(12-20)8-9-25(22(21)26)10-11-27-15-17-4-2-1-3-5-17/h1-7,12-13H,8-11,14-16,24H2/b18-13+. The molecule has 2 N–H and O–H groups in total. The number of fused-ring (bicyclic) bond motifs is 1. The van der Waals surface area contributed by atoms with Crippen molar-refractivity contribution in [2.45, 2.75) is 13.0 Å². The predicted octanol–water partition coefficient (Wildman–Crippen LogP) is 3.09. The largest absolute Gasteiger partial charge is 0.489 e. The first-order chi connectivity index (χ1) is 13.7. The Kier molecular flexibility index (Phi) is 7.17. The van der Waals surface area contributed by atoms with Gasteiger partial charge in [-0.25, -0.2) is 4.39 Å². The fourth-order valence-corrected chi connectivity index (χ4v) is 3.07. The molecule has 0 radical (unpaired) electrons. The third kappa shape index (κ3) is 5.18. The molecule has 28 heavy (non-hydrogen) atoms. The summed E-state index contributed by atoms with van der Waals surface area (Å²) in [7, 11) is 0. The molecule has 0 bridgehead atoms. The lowest BCUT2D eigenvalue weighted by Crippen LogP contribution is -2.39. The van der Waals surface area contributed by atoms with Crippen LogP contribution in [-0.2, 0) is 17.8 Å². The molecule has 148 valence electrons. The summed E-state index contributed by atoms with van der Waals surface area (Å²) in [5.41, 5.74) is 8.56. The van der Waals surface area contributed by atoms with Gasteiger partial charge in [0.25, 0.3) is 5.91 Å². The van der Waals surface area contributed by atoms with Crippen LogP contribution in [0.3, 0.4) is 0 Å². The van der Waals surface area contributed by atoms with Gasteiger partial charge in [0.2, 0.25) is 0 Å². The maximum absolute atomic E-state index is 12.7. The summed E-state index contributed by atoms with van der Waals surface area (Å²) >= 11 is 0. The number of hydrogen-bond acceptors (Lipinski definition) is 4. The fraction of sp³-hybridized carbons (Fsp3) is 0.318. The lowest BCUT2D eigenvalue weighted by atomic mass is 9.98. The van der Waals surface area contributed by atoms with Gasteiger partial charge < -0.3 is 20.1 Å². The normalized spacial score (nSPS) is 14.1. The van der Waals surface area contributed by atoms with Crippen molar-refractivity contribution in [3.8, 4) is 5.75 Å². The smallest absolute Gasteiger partial charge is 0.254 e. The van der Waals surface area contributed by atoms with Crippen molar-refractivity contribution in [3.05, 3.63) is 77.1 Å². The van der Waals surface area contributed by atoms with E-state index in [-0.39, 0.29) is 19.1 Å². The molecule has 5 nitrogen and oxygen atoms in total. The molecule has 0 spiro atoms. The molecule has 1 aliphatic rings. The number of nitrogens with two attached hydrogens (primary N) is 1. The molecule has 0 aliphatic carbocycles. The van der Waals surface area contributed by atoms with Crippen molar-refractivity contribution in [2.75, 3.05) is 32.8 Å². The Morgan fingerprint density at radius 2 is 2.04 bits per heavy atom. The van der Waals surface area contributed by atoms with Gasteiger partial charge in [-0.15, -0.1) is 0 Å². The third-order valence-electron chi connectivity index (χ3n) is 4.70. The average Bonchev–Trinajstić information content (AvgIpc) is 2.74. The van der Waals surface area contributed by atoms with E-state index in [1.165, 1.54) is 0 Å². The van der Waals surface area contributed by atoms with Gasteiger partial charge in [-0.05, 0) is 35.7 Å². The highest BCUT2D eigenvalue weighted by molar-refractivity contribution is 5.96. The van der Waals surface area contributed by atoms with E-state index in [0.29, 0.717) is 49.5 Å². The lowest BCUT2D eigenvalue weighted by molar-refractivity contribution is 0.0600. The molecular formula is C22H25FN2O3. The van der Waals surface area contributed by atoms with E-state index in [2.05, 4.69) is 0 Å². The Morgan fingerprint density at radius 3 is 2.79 bits per heavy atom. The molecular weight excluding hydrogens is 359 g/mol. The maximum Gasteiger partial charge on any atom is 0.254 e. The second kappa shape index (κ2) is 10.0. The molecule has 0 fully saturated rings. The van der Waals surface area contributed by atoms with Crippen molar-refractivity contribution in [1.82, 2.24) is 4.90 Å². The number of rotatable bonds is 9. The highest BCUT2D eigenvalue weighted by Gasteiger charge is 2.24. The van der Waals surface area contributed by atoms with E-state index < -0.39 is 0 Å². The molecule has 1 heterocycles. The summed E-state index contributed by atoms with van der Waals surface area (Å²) in [4.78, 5) is 14.5. The number of halogens is 1. The Balaban J connectivity index is 1.51. The number of carbonyl (C=O) groups is 1. The number of amides is 1. The average molecular weight is 384 g/mol. The molecule has 6 heteroatoms. The Labute approximate surface area is 164 Å². The summed E-state index contributed by atoms with van der Waals surface area (Å²) in [6, 6.07) is 15.3. The van der Waals surface area contributed by atoms with Crippen LogP contribution in [0.25, 0.3) is 0 Å². The first kappa shape index (κ1) is 20.0. The van der Waals surface area contributed by atoms with E-state index in [4.69, 9.17) is 15.2 Å². The molecule has 0 atom stereocenters. The zero-order valence-electron chi connectivity index (χ0n) is 15.8. The van der Waals surface area contributed by atoms with Crippen molar-refractivity contribution >= 4 is 5.91 Å². The zero-order valence-corrected chi connectivity index (χ0v) is 15.8. The molecule has 0 saturated heterocycles. The summed E-state index contributed by atoms with van der Waals surface area (Å²) < 4.78 is 23.8. The molecule has 2 aromatic rings. The minimum atomic E-state index is 0.00223. The van der Waals surface area contributed by atoms with E-state index in [0.717, 1.165) is 17.5 Å². The summed E-state index contributed by atoms with van der Waals surface area (Å²) in [5, 5.41) is 0. The van der Waals surface area contributed by atoms with Gasteiger partial charge in [-0.3, -0.25) is 4.79 Å². The van der Waals surface area contributed by atoms with Gasteiger partial charge >= 0.3 is 0 Å². The molecule has 0 saturated carbocycles. The molecule has 0 aromatic heterocycles. The highest BCUT2D eigenvalue weighted by atomic mass is 19.1. The van der Waals surface area contributed by atoms with Gasteiger partial charge in [0, 0.05) is 30.8 Å². The van der Waals surface area contributed by atoms with Crippen LogP contribution >= 0.6 is 0 Å². The van der Waals surface area contributed by atoms with Gasteiger partial charge in [0.15, 0.2) is 0 Å². The molecule has 1 aliphatic heterocycles. The maximum atomic E-state index is 12.7. The minimum absolute atomic E-state index is 0.00223. The topological polar surface area (TPSA) is 64.8 Å². The van der Waals surface area contributed by atoms with Crippen LogP contribution in [0.2, 0.25) is 0 Å². The van der Waals surface area contributed by atoms with Crippen LogP contribution in [0.5, 0.6) is 5.75 Å². The summed E-state index contributed by atoms with van der Waals surface area (Å²) in [6.07, 6.45) is 1.22. The van der Waals surface area contributed by atoms with E-state index in [1.807, 2.05) is 41.3 Å².